The van der Waals surface area contributed by atoms with E-state index in [4.69, 9.17) is 10.5 Å². The molecule has 3 aromatic rings. The third kappa shape index (κ3) is 7.91. The predicted molar refractivity (Wildman–Crippen MR) is 152 cm³/mol. The molecule has 206 valence electrons. The Morgan fingerprint density at radius 3 is 1.67 bits per heavy atom. The molecule has 8 nitrogen and oxygen atoms in total. The summed E-state index contributed by atoms with van der Waals surface area (Å²) in [5.41, 5.74) is 7.22. The van der Waals surface area contributed by atoms with Crippen LogP contribution in [0.25, 0.3) is 0 Å². The fourth-order valence-corrected chi connectivity index (χ4v) is 4.36. The molecule has 0 fully saturated rings. The van der Waals surface area contributed by atoms with Gasteiger partial charge < -0.3 is 26.0 Å². The average molecular weight is 531 g/mol. The van der Waals surface area contributed by atoms with E-state index >= 15 is 0 Å². The second-order valence-electron chi connectivity index (χ2n) is 10.4. The van der Waals surface area contributed by atoms with E-state index in [-0.39, 0.29) is 25.4 Å². The zero-order valence-electron chi connectivity index (χ0n) is 23.0. The first-order chi connectivity index (χ1) is 18.5. The van der Waals surface area contributed by atoms with E-state index in [0.29, 0.717) is 0 Å². The van der Waals surface area contributed by atoms with Gasteiger partial charge in [-0.2, -0.15) is 0 Å². The first-order valence-electron chi connectivity index (χ1n) is 13.0. The van der Waals surface area contributed by atoms with Crippen LogP contribution in [0.15, 0.2) is 91.0 Å². The molecular formula is C31H38N4O4. The number of ether oxygens (including phenoxy) is 1. The lowest BCUT2D eigenvalue weighted by Gasteiger charge is -2.37. The largest absolute Gasteiger partial charge is 0.444 e. The summed E-state index contributed by atoms with van der Waals surface area (Å²) in [4.78, 5) is 39.7. The second-order valence-corrected chi connectivity index (χ2v) is 10.4. The van der Waals surface area contributed by atoms with Crippen molar-refractivity contribution in [2.45, 2.75) is 44.4 Å². The van der Waals surface area contributed by atoms with E-state index in [1.54, 1.807) is 27.8 Å². The number of hydrogen-bond acceptors (Lipinski definition) is 5. The molecule has 0 unspecified atom stereocenters. The summed E-state index contributed by atoms with van der Waals surface area (Å²) >= 11 is 0. The summed E-state index contributed by atoms with van der Waals surface area (Å²) in [6.45, 7) is 5.72. The van der Waals surface area contributed by atoms with E-state index < -0.39 is 29.2 Å². The van der Waals surface area contributed by atoms with Crippen molar-refractivity contribution in [3.63, 3.8) is 0 Å². The molecule has 0 saturated heterocycles. The summed E-state index contributed by atoms with van der Waals surface area (Å²) in [6, 6.07) is 28.1. The van der Waals surface area contributed by atoms with Gasteiger partial charge in [-0.3, -0.25) is 9.59 Å². The van der Waals surface area contributed by atoms with Gasteiger partial charge in [0.1, 0.15) is 11.1 Å². The lowest BCUT2D eigenvalue weighted by Crippen LogP contribution is -2.51. The minimum absolute atomic E-state index is 0.190. The number of carbonyl (C=O) groups is 3. The summed E-state index contributed by atoms with van der Waals surface area (Å²) in [5.74, 6) is -0.770. The monoisotopic (exact) mass is 530 g/mol. The van der Waals surface area contributed by atoms with Gasteiger partial charge in [0.05, 0.1) is 12.5 Å². The van der Waals surface area contributed by atoms with Crippen molar-refractivity contribution in [2.24, 2.45) is 5.73 Å². The highest BCUT2D eigenvalue weighted by molar-refractivity contribution is 5.89. The maximum atomic E-state index is 13.5. The third-order valence-corrected chi connectivity index (χ3v) is 6.16. The molecule has 3 amide bonds. The van der Waals surface area contributed by atoms with Crippen molar-refractivity contribution in [2.75, 3.05) is 20.1 Å². The number of nitrogens with one attached hydrogen (secondary N) is 2. The summed E-state index contributed by atoms with van der Waals surface area (Å²) in [5, 5.41) is 5.84. The molecule has 1 atom stereocenters. The van der Waals surface area contributed by atoms with E-state index in [1.807, 2.05) is 91.0 Å². The Kier molecular flexibility index (Phi) is 9.84. The Morgan fingerprint density at radius 2 is 1.26 bits per heavy atom. The highest BCUT2D eigenvalue weighted by Crippen LogP contribution is 2.36. The maximum Gasteiger partial charge on any atom is 0.407 e. The van der Waals surface area contributed by atoms with Crippen LogP contribution >= 0.6 is 0 Å². The van der Waals surface area contributed by atoms with Gasteiger partial charge in [0.15, 0.2) is 0 Å². The Balaban J connectivity index is 1.76. The third-order valence-electron chi connectivity index (χ3n) is 6.16. The van der Waals surface area contributed by atoms with Gasteiger partial charge in [0.25, 0.3) is 0 Å². The first-order valence-corrected chi connectivity index (χ1v) is 13.0. The van der Waals surface area contributed by atoms with Crippen molar-refractivity contribution in [3.05, 3.63) is 108 Å². The number of nitrogens with two attached hydrogens (primary N) is 1. The van der Waals surface area contributed by atoms with Crippen molar-refractivity contribution in [3.8, 4) is 0 Å². The maximum absolute atomic E-state index is 13.5. The molecular weight excluding hydrogens is 492 g/mol. The van der Waals surface area contributed by atoms with Crippen molar-refractivity contribution >= 4 is 17.9 Å². The molecule has 0 spiro atoms. The van der Waals surface area contributed by atoms with E-state index in [2.05, 4.69) is 10.6 Å². The Bertz CT molecular complexity index is 1130. The van der Waals surface area contributed by atoms with E-state index in [9.17, 15) is 14.4 Å². The molecule has 0 aliphatic carbocycles. The molecule has 39 heavy (non-hydrogen) atoms. The molecule has 3 aromatic carbocycles. The minimum atomic E-state index is -1.06. The lowest BCUT2D eigenvalue weighted by molar-refractivity contribution is -0.134. The van der Waals surface area contributed by atoms with Gasteiger partial charge in [0.2, 0.25) is 11.8 Å². The van der Waals surface area contributed by atoms with E-state index in [1.165, 1.54) is 4.90 Å². The minimum Gasteiger partial charge on any atom is -0.444 e. The fraction of sp³-hybridized carbons (Fsp3) is 0.323. The molecule has 0 heterocycles. The molecule has 0 saturated carbocycles. The quantitative estimate of drug-likeness (QED) is 0.345. The second kappa shape index (κ2) is 13.1. The van der Waals surface area contributed by atoms with Crippen molar-refractivity contribution in [1.29, 1.82) is 0 Å². The average Bonchev–Trinajstić information content (AvgIpc) is 2.91. The summed E-state index contributed by atoms with van der Waals surface area (Å²) in [7, 11) is 1.58. The summed E-state index contributed by atoms with van der Waals surface area (Å²) in [6.07, 6.45) is -0.775. The fourth-order valence-electron chi connectivity index (χ4n) is 4.36. The van der Waals surface area contributed by atoms with Gasteiger partial charge in [-0.05, 0) is 37.5 Å². The van der Waals surface area contributed by atoms with Crippen LogP contribution in [0.3, 0.4) is 0 Å². The number of alkyl carbamates (subject to hydrolysis) is 1. The number of benzene rings is 3. The highest BCUT2D eigenvalue weighted by atomic mass is 16.6. The number of amides is 3. The van der Waals surface area contributed by atoms with Crippen LogP contribution in [-0.2, 0) is 19.9 Å². The van der Waals surface area contributed by atoms with Crippen molar-refractivity contribution < 1.29 is 19.1 Å². The number of rotatable bonds is 10. The van der Waals surface area contributed by atoms with Crippen LogP contribution < -0.4 is 16.4 Å². The Labute approximate surface area is 230 Å². The van der Waals surface area contributed by atoms with Gasteiger partial charge in [-0.15, -0.1) is 0 Å². The first kappa shape index (κ1) is 29.4. The predicted octanol–water partition coefficient (Wildman–Crippen LogP) is 3.80. The smallest absolute Gasteiger partial charge is 0.407 e. The highest BCUT2D eigenvalue weighted by Gasteiger charge is 2.38. The zero-order chi connectivity index (χ0) is 28.5. The number of nitrogens with zero attached hydrogens (tertiary/aromatic N) is 1. The molecule has 0 radical (unpaired) electrons. The molecule has 3 rings (SSSR count). The van der Waals surface area contributed by atoms with Crippen LogP contribution in [0.2, 0.25) is 0 Å². The Hall–Kier alpha value is -4.17. The van der Waals surface area contributed by atoms with Gasteiger partial charge >= 0.3 is 6.09 Å². The van der Waals surface area contributed by atoms with Crippen LogP contribution in [0.4, 0.5) is 4.79 Å². The molecule has 0 bridgehead atoms. The SMILES string of the molecule is CN(CCNC(=O)OC(C)(C)C)C(=O)[C@H](N)CC(=O)NC(c1ccccc1)(c1ccccc1)c1ccccc1. The molecule has 0 aliphatic heterocycles. The lowest BCUT2D eigenvalue weighted by atomic mass is 9.77. The van der Waals surface area contributed by atoms with Crippen LogP contribution in [0.5, 0.6) is 0 Å². The van der Waals surface area contributed by atoms with Crippen LogP contribution in [-0.4, -0.2) is 54.6 Å². The van der Waals surface area contributed by atoms with Gasteiger partial charge in [-0.25, -0.2) is 4.79 Å². The zero-order valence-corrected chi connectivity index (χ0v) is 23.0. The number of likely N-dealkylation sites (N-methyl/N-ethyl adjacent to an activating group) is 1. The Morgan fingerprint density at radius 1 is 0.821 bits per heavy atom. The standard InChI is InChI=1S/C31H38N4O4/c1-30(2,3)39-29(38)33-20-21-35(4)28(37)26(32)22-27(36)34-31(23-14-8-5-9-15-23,24-16-10-6-11-17-24)25-18-12-7-13-19-25/h5-19,26H,20-22,32H2,1-4H3,(H,33,38)(H,34,36)/t26-/m1/s1. The van der Waals surface area contributed by atoms with Crippen molar-refractivity contribution in [1.82, 2.24) is 15.5 Å². The molecule has 0 aliphatic rings. The molecule has 0 aromatic heterocycles. The number of hydrogen-bond donors (Lipinski definition) is 3. The van der Waals surface area contributed by atoms with Crippen LogP contribution in [0.1, 0.15) is 43.9 Å². The topological polar surface area (TPSA) is 114 Å². The molecule has 8 heteroatoms. The van der Waals surface area contributed by atoms with Gasteiger partial charge in [-0.1, -0.05) is 91.0 Å². The van der Waals surface area contributed by atoms with Gasteiger partial charge in [0, 0.05) is 20.1 Å². The van der Waals surface area contributed by atoms with E-state index in [0.717, 1.165) is 16.7 Å². The summed E-state index contributed by atoms with van der Waals surface area (Å²) < 4.78 is 5.20. The normalized spacial score (nSPS) is 12.2. The molecule has 4 N–H and O–H groups in total. The van der Waals surface area contributed by atoms with Crippen LogP contribution in [0, 0.1) is 0 Å². The number of carbonyl (C=O) groups excluding carboxylic acids is 3.